The first kappa shape index (κ1) is 25.4. The van der Waals surface area contributed by atoms with Crippen LogP contribution in [0.15, 0.2) is 18.2 Å². The number of hydrogen-bond donors (Lipinski definition) is 3. The van der Waals surface area contributed by atoms with Crippen LogP contribution in [0.3, 0.4) is 0 Å². The largest absolute Gasteiger partial charge is 0.444 e. The number of nitrogens with one attached hydrogen (secondary N) is 2. The maximum Gasteiger partial charge on any atom is 0.408 e. The minimum absolute atomic E-state index is 0.124. The lowest BCUT2D eigenvalue weighted by Crippen LogP contribution is -2.53. The van der Waals surface area contributed by atoms with Crippen LogP contribution >= 0.6 is 0 Å². The van der Waals surface area contributed by atoms with Crippen LogP contribution in [0.5, 0.6) is 0 Å². The summed E-state index contributed by atoms with van der Waals surface area (Å²) in [5.74, 6) is -0.942. The van der Waals surface area contributed by atoms with Gasteiger partial charge in [-0.05, 0) is 65.2 Å². The van der Waals surface area contributed by atoms with E-state index < -0.39 is 36.3 Å². The van der Waals surface area contributed by atoms with Gasteiger partial charge in [-0.2, -0.15) is 0 Å². The number of carbonyl (C=O) groups is 3. The second kappa shape index (κ2) is 10.4. The van der Waals surface area contributed by atoms with Gasteiger partial charge >= 0.3 is 6.09 Å². The second-order valence-electron chi connectivity index (χ2n) is 8.70. The first-order valence-corrected chi connectivity index (χ1v) is 10.0. The van der Waals surface area contributed by atoms with Gasteiger partial charge in [-0.1, -0.05) is 18.2 Å². The van der Waals surface area contributed by atoms with Gasteiger partial charge in [0.2, 0.25) is 11.8 Å². The van der Waals surface area contributed by atoms with E-state index in [0.29, 0.717) is 5.56 Å². The Kier molecular flexibility index (Phi) is 8.84. The van der Waals surface area contributed by atoms with E-state index in [9.17, 15) is 19.5 Å². The molecule has 1 rings (SSSR count). The lowest BCUT2D eigenvalue weighted by atomic mass is 9.94. The molecule has 0 aromatic heterocycles. The minimum atomic E-state index is -1.25. The summed E-state index contributed by atoms with van der Waals surface area (Å²) < 4.78 is 5.17. The molecule has 3 amide bonds. The number of nitrogens with zero attached hydrogens (tertiary/aromatic N) is 1. The summed E-state index contributed by atoms with van der Waals surface area (Å²) in [6.07, 6.45) is -0.821. The Morgan fingerprint density at radius 1 is 1.10 bits per heavy atom. The molecule has 0 fully saturated rings. The van der Waals surface area contributed by atoms with E-state index in [1.54, 1.807) is 20.8 Å². The first-order valence-electron chi connectivity index (χ1n) is 10.0. The lowest BCUT2D eigenvalue weighted by Gasteiger charge is -2.33. The van der Waals surface area contributed by atoms with Crippen LogP contribution in [-0.4, -0.2) is 59.3 Å². The number of rotatable bonds is 7. The Hall–Kier alpha value is -2.61. The fourth-order valence-corrected chi connectivity index (χ4v) is 3.13. The van der Waals surface area contributed by atoms with Crippen molar-refractivity contribution in [3.05, 3.63) is 34.9 Å². The van der Waals surface area contributed by atoms with Crippen molar-refractivity contribution in [2.45, 2.75) is 72.2 Å². The molecule has 0 saturated heterocycles. The van der Waals surface area contributed by atoms with E-state index in [1.807, 2.05) is 45.9 Å². The van der Waals surface area contributed by atoms with E-state index >= 15 is 0 Å². The zero-order chi connectivity index (χ0) is 23.2. The molecular formula is C22H35N3O5. The van der Waals surface area contributed by atoms with E-state index in [-0.39, 0.29) is 11.9 Å². The summed E-state index contributed by atoms with van der Waals surface area (Å²) in [6, 6.07) is 3.34. The molecule has 0 radical (unpaired) electrons. The van der Waals surface area contributed by atoms with E-state index in [0.717, 1.165) is 11.1 Å². The Morgan fingerprint density at radius 2 is 1.63 bits per heavy atom. The monoisotopic (exact) mass is 421 g/mol. The number of amides is 3. The third-order valence-corrected chi connectivity index (χ3v) is 4.40. The van der Waals surface area contributed by atoms with Crippen LogP contribution in [0.4, 0.5) is 4.79 Å². The van der Waals surface area contributed by atoms with Crippen molar-refractivity contribution in [1.29, 1.82) is 0 Å². The van der Waals surface area contributed by atoms with E-state index in [2.05, 4.69) is 10.6 Å². The normalized spacial score (nSPS) is 13.4. The van der Waals surface area contributed by atoms with Gasteiger partial charge in [0.05, 0.1) is 6.61 Å². The zero-order valence-electron chi connectivity index (χ0n) is 19.2. The van der Waals surface area contributed by atoms with Crippen molar-refractivity contribution in [2.75, 3.05) is 13.7 Å². The summed E-state index contributed by atoms with van der Waals surface area (Å²) in [4.78, 5) is 39.5. The van der Waals surface area contributed by atoms with Crippen LogP contribution < -0.4 is 10.6 Å². The molecule has 0 spiro atoms. The number of hydrogen-bond acceptors (Lipinski definition) is 5. The zero-order valence-corrected chi connectivity index (χ0v) is 19.2. The van der Waals surface area contributed by atoms with Gasteiger partial charge in [0.1, 0.15) is 17.7 Å². The van der Waals surface area contributed by atoms with Crippen LogP contribution in [0.2, 0.25) is 0 Å². The first-order chi connectivity index (χ1) is 13.8. The average Bonchev–Trinajstić information content (AvgIpc) is 2.59. The molecule has 168 valence electrons. The maximum absolute atomic E-state index is 13.1. The number of benzene rings is 1. The van der Waals surface area contributed by atoms with Crippen LogP contribution in [-0.2, 0) is 14.3 Å². The molecule has 8 heteroatoms. The molecule has 0 aliphatic carbocycles. The number of ether oxygens (including phenoxy) is 1. The fourth-order valence-electron chi connectivity index (χ4n) is 3.13. The fraction of sp³-hybridized carbons (Fsp3) is 0.591. The number of aryl methyl sites for hydroxylation is 2. The SMILES string of the molecule is Cc1cccc(C)c1C(C(=O)NC(C)C)N(C)C(=O)C(CO)NC(=O)OC(C)(C)C. The van der Waals surface area contributed by atoms with Gasteiger partial charge in [0.25, 0.3) is 0 Å². The molecule has 3 N–H and O–H groups in total. The van der Waals surface area contributed by atoms with Crippen molar-refractivity contribution < 1.29 is 24.2 Å². The highest BCUT2D eigenvalue weighted by Gasteiger charge is 2.35. The van der Waals surface area contributed by atoms with E-state index in [1.165, 1.54) is 11.9 Å². The Balaban J connectivity index is 3.24. The molecule has 8 nitrogen and oxygen atoms in total. The van der Waals surface area contributed by atoms with Crippen LogP contribution in [0.1, 0.15) is 57.4 Å². The Bertz CT molecular complexity index is 750. The van der Waals surface area contributed by atoms with Crippen molar-refractivity contribution in [2.24, 2.45) is 0 Å². The van der Waals surface area contributed by atoms with Crippen LogP contribution in [0.25, 0.3) is 0 Å². The molecule has 30 heavy (non-hydrogen) atoms. The van der Waals surface area contributed by atoms with Gasteiger partial charge in [-0.3, -0.25) is 9.59 Å². The Labute approximate surface area is 179 Å². The van der Waals surface area contributed by atoms with Gasteiger partial charge < -0.3 is 25.4 Å². The molecule has 2 atom stereocenters. The molecule has 1 aromatic carbocycles. The number of aliphatic hydroxyl groups is 1. The predicted octanol–water partition coefficient (Wildman–Crippen LogP) is 2.21. The van der Waals surface area contributed by atoms with Crippen LogP contribution in [0, 0.1) is 13.8 Å². The molecule has 0 heterocycles. The minimum Gasteiger partial charge on any atom is -0.444 e. The molecule has 0 bridgehead atoms. The molecule has 0 aliphatic heterocycles. The summed E-state index contributed by atoms with van der Waals surface area (Å²) in [6.45, 7) is 11.9. The van der Waals surface area contributed by atoms with Gasteiger partial charge in [-0.15, -0.1) is 0 Å². The molecule has 2 unspecified atom stereocenters. The number of alkyl carbamates (subject to hydrolysis) is 1. The average molecular weight is 422 g/mol. The highest BCUT2D eigenvalue weighted by Crippen LogP contribution is 2.27. The standard InChI is InChI=1S/C22H35N3O5/c1-13(2)23-19(27)18(17-14(3)10-9-11-15(17)4)25(8)20(28)16(12-26)24-21(29)30-22(5,6)7/h9-11,13,16,18,26H,12H2,1-8H3,(H,23,27)(H,24,29). The highest BCUT2D eigenvalue weighted by atomic mass is 16.6. The number of carbonyl (C=O) groups excluding carboxylic acids is 3. The number of likely N-dealkylation sites (N-methyl/N-ethyl adjacent to an activating group) is 1. The van der Waals surface area contributed by atoms with Crippen molar-refractivity contribution in [3.63, 3.8) is 0 Å². The predicted molar refractivity (Wildman–Crippen MR) is 115 cm³/mol. The summed E-state index contributed by atoms with van der Waals surface area (Å²) >= 11 is 0. The maximum atomic E-state index is 13.1. The second-order valence-corrected chi connectivity index (χ2v) is 8.70. The van der Waals surface area contributed by atoms with E-state index in [4.69, 9.17) is 4.74 Å². The molecule has 0 aliphatic rings. The lowest BCUT2D eigenvalue weighted by molar-refractivity contribution is -0.141. The summed E-state index contributed by atoms with van der Waals surface area (Å²) in [7, 11) is 1.48. The van der Waals surface area contributed by atoms with Gasteiger partial charge in [0.15, 0.2) is 0 Å². The molecule has 1 aromatic rings. The quantitative estimate of drug-likeness (QED) is 0.626. The van der Waals surface area contributed by atoms with Gasteiger partial charge in [-0.25, -0.2) is 4.79 Å². The highest BCUT2D eigenvalue weighted by molar-refractivity contribution is 5.92. The van der Waals surface area contributed by atoms with Crippen molar-refractivity contribution in [1.82, 2.24) is 15.5 Å². The molecular weight excluding hydrogens is 386 g/mol. The summed E-state index contributed by atoms with van der Waals surface area (Å²) in [5.41, 5.74) is 1.68. The topological polar surface area (TPSA) is 108 Å². The number of aliphatic hydroxyl groups excluding tert-OH is 1. The molecule has 0 saturated carbocycles. The van der Waals surface area contributed by atoms with Crippen molar-refractivity contribution >= 4 is 17.9 Å². The third kappa shape index (κ3) is 7.02. The van der Waals surface area contributed by atoms with Crippen molar-refractivity contribution in [3.8, 4) is 0 Å². The Morgan fingerprint density at radius 3 is 2.07 bits per heavy atom. The third-order valence-electron chi connectivity index (χ3n) is 4.40. The smallest absolute Gasteiger partial charge is 0.408 e. The summed E-state index contributed by atoms with van der Waals surface area (Å²) in [5, 5.41) is 15.0. The van der Waals surface area contributed by atoms with Gasteiger partial charge in [0, 0.05) is 13.1 Å².